The molecule has 0 atom stereocenters. The standard InChI is InChI=1S/C37H37ClF3N5O2.ClH/c1-26-43-34(45-44-26)23-42-35(47)22-27-11-8-17-31(21-27)48-20-10-19-46(24-30-16-9-18-33(36(30)38)37(39,40)41)25-32(28-12-4-2-5-13-28)29-14-6-3-7-15-29;/h2-9,11-18,21,32H,10,19-20,22-25H2,1H3,(H,42,47)(H,43,44,45);1H. The lowest BCUT2D eigenvalue weighted by atomic mass is 9.90. The lowest BCUT2D eigenvalue weighted by Gasteiger charge is -2.29. The average Bonchev–Trinajstić information content (AvgIpc) is 3.50. The molecule has 0 saturated carbocycles. The number of benzene rings is 4. The average molecular weight is 713 g/mol. The molecule has 0 fully saturated rings. The maximum atomic E-state index is 13.7. The van der Waals surface area contributed by atoms with Gasteiger partial charge in [-0.05, 0) is 53.8 Å². The molecule has 5 rings (SSSR count). The van der Waals surface area contributed by atoms with Gasteiger partial charge in [-0.2, -0.15) is 18.3 Å². The summed E-state index contributed by atoms with van der Waals surface area (Å²) in [5.74, 6) is 1.64. The van der Waals surface area contributed by atoms with Crippen molar-refractivity contribution < 1.29 is 22.7 Å². The monoisotopic (exact) mass is 711 g/mol. The van der Waals surface area contributed by atoms with E-state index in [4.69, 9.17) is 16.3 Å². The number of aromatic amines is 1. The largest absolute Gasteiger partial charge is 0.494 e. The maximum Gasteiger partial charge on any atom is 0.417 e. The first kappa shape index (κ1) is 37.4. The first-order chi connectivity index (χ1) is 23.2. The molecular formula is C37H38Cl2F3N5O2. The molecule has 1 aromatic heterocycles. The van der Waals surface area contributed by atoms with Crippen LogP contribution < -0.4 is 10.1 Å². The van der Waals surface area contributed by atoms with Crippen LogP contribution in [0.5, 0.6) is 5.75 Å². The highest BCUT2D eigenvalue weighted by Crippen LogP contribution is 2.37. The summed E-state index contributed by atoms with van der Waals surface area (Å²) in [6.07, 6.45) is -3.77. The highest BCUT2D eigenvalue weighted by molar-refractivity contribution is 6.32. The number of hydrogen-bond acceptors (Lipinski definition) is 5. The summed E-state index contributed by atoms with van der Waals surface area (Å²) in [5, 5.41) is 9.31. The molecule has 0 saturated heterocycles. The Hall–Kier alpha value is -4.38. The Labute approximate surface area is 295 Å². The van der Waals surface area contributed by atoms with Crippen molar-refractivity contribution in [1.82, 2.24) is 25.4 Å². The SMILES string of the molecule is Cc1nc(CNC(=O)Cc2cccc(OCCCN(Cc3cccc(C(F)(F)F)c3Cl)CC(c3ccccc3)c3ccccc3)c2)n[nH]1.Cl. The fourth-order valence-corrected chi connectivity index (χ4v) is 5.84. The van der Waals surface area contributed by atoms with Gasteiger partial charge < -0.3 is 10.1 Å². The maximum absolute atomic E-state index is 13.7. The Morgan fingerprint density at radius 2 is 1.63 bits per heavy atom. The van der Waals surface area contributed by atoms with Gasteiger partial charge >= 0.3 is 6.18 Å². The van der Waals surface area contributed by atoms with Crippen molar-refractivity contribution in [3.05, 3.63) is 148 Å². The van der Waals surface area contributed by atoms with Crippen LogP contribution in [0.4, 0.5) is 13.2 Å². The molecule has 0 unspecified atom stereocenters. The number of aromatic nitrogens is 3. The van der Waals surface area contributed by atoms with Gasteiger partial charge in [0.1, 0.15) is 11.6 Å². The highest BCUT2D eigenvalue weighted by atomic mass is 35.5. The van der Waals surface area contributed by atoms with Crippen molar-refractivity contribution in [2.75, 3.05) is 19.7 Å². The van der Waals surface area contributed by atoms with E-state index in [1.165, 1.54) is 6.07 Å². The van der Waals surface area contributed by atoms with Crippen LogP contribution in [0, 0.1) is 6.92 Å². The van der Waals surface area contributed by atoms with Gasteiger partial charge in [-0.1, -0.05) is 96.5 Å². The van der Waals surface area contributed by atoms with Crippen LogP contribution in [0.25, 0.3) is 0 Å². The van der Waals surface area contributed by atoms with Crippen molar-refractivity contribution in [2.45, 2.75) is 44.9 Å². The Morgan fingerprint density at radius 3 is 2.27 bits per heavy atom. The molecule has 0 aliphatic heterocycles. The summed E-state index contributed by atoms with van der Waals surface area (Å²) in [4.78, 5) is 18.8. The highest BCUT2D eigenvalue weighted by Gasteiger charge is 2.34. The van der Waals surface area contributed by atoms with Gasteiger partial charge in [-0.15, -0.1) is 12.4 Å². The molecule has 1 heterocycles. The lowest BCUT2D eigenvalue weighted by molar-refractivity contribution is -0.137. The number of ether oxygens (including phenoxy) is 1. The molecule has 0 aliphatic carbocycles. The molecule has 0 radical (unpaired) electrons. The number of hydrogen-bond donors (Lipinski definition) is 2. The number of amides is 1. The lowest BCUT2D eigenvalue weighted by Crippen LogP contribution is -2.31. The smallest absolute Gasteiger partial charge is 0.417 e. The molecule has 0 spiro atoms. The second kappa shape index (κ2) is 17.9. The second-order valence-electron chi connectivity index (χ2n) is 11.5. The minimum atomic E-state index is -4.55. The third kappa shape index (κ3) is 11.1. The van der Waals surface area contributed by atoms with E-state index in [0.29, 0.717) is 49.1 Å². The Morgan fingerprint density at radius 1 is 0.959 bits per heavy atom. The van der Waals surface area contributed by atoms with Gasteiger partial charge in [0.05, 0.1) is 30.2 Å². The van der Waals surface area contributed by atoms with E-state index < -0.39 is 11.7 Å². The quantitative estimate of drug-likeness (QED) is 0.107. The molecule has 1 amide bonds. The fourth-order valence-electron chi connectivity index (χ4n) is 5.55. The first-order valence-electron chi connectivity index (χ1n) is 15.7. The Bertz CT molecular complexity index is 1730. The van der Waals surface area contributed by atoms with Crippen LogP contribution in [-0.2, 0) is 30.5 Å². The van der Waals surface area contributed by atoms with Gasteiger partial charge in [0, 0.05) is 25.6 Å². The van der Waals surface area contributed by atoms with Crippen LogP contribution in [0.1, 0.15) is 51.8 Å². The Kier molecular flexibility index (Phi) is 13.6. The van der Waals surface area contributed by atoms with Crippen molar-refractivity contribution in [2.24, 2.45) is 0 Å². The van der Waals surface area contributed by atoms with Crippen LogP contribution in [-0.4, -0.2) is 45.7 Å². The summed E-state index contributed by atoms with van der Waals surface area (Å²) in [5.41, 5.74) is 2.59. The molecular weight excluding hydrogens is 674 g/mol. The van der Waals surface area contributed by atoms with E-state index in [9.17, 15) is 18.0 Å². The van der Waals surface area contributed by atoms with E-state index in [-0.39, 0.29) is 48.8 Å². The number of carbonyl (C=O) groups is 1. The summed E-state index contributed by atoms with van der Waals surface area (Å²) < 4.78 is 47.1. The van der Waals surface area contributed by atoms with Crippen molar-refractivity contribution in [1.29, 1.82) is 0 Å². The van der Waals surface area contributed by atoms with Crippen LogP contribution in [0.15, 0.2) is 103 Å². The zero-order valence-corrected chi connectivity index (χ0v) is 28.5. The summed E-state index contributed by atoms with van der Waals surface area (Å²) in [7, 11) is 0. The predicted octanol–water partition coefficient (Wildman–Crippen LogP) is 8.17. The van der Waals surface area contributed by atoms with E-state index >= 15 is 0 Å². The van der Waals surface area contributed by atoms with E-state index in [1.54, 1.807) is 13.0 Å². The third-order valence-corrected chi connectivity index (χ3v) is 8.31. The molecule has 7 nitrogen and oxygen atoms in total. The van der Waals surface area contributed by atoms with Gasteiger partial charge in [-0.25, -0.2) is 4.98 Å². The number of nitrogens with zero attached hydrogens (tertiary/aromatic N) is 3. The molecule has 4 aromatic carbocycles. The summed E-state index contributed by atoms with van der Waals surface area (Å²) in [6, 6.07) is 31.6. The van der Waals surface area contributed by atoms with E-state index in [0.717, 1.165) is 22.8 Å². The van der Waals surface area contributed by atoms with Crippen molar-refractivity contribution in [3.63, 3.8) is 0 Å². The van der Waals surface area contributed by atoms with Gasteiger partial charge in [-0.3, -0.25) is 14.8 Å². The fraction of sp³-hybridized carbons (Fsp3) is 0.270. The number of nitrogens with one attached hydrogen (secondary N) is 2. The van der Waals surface area contributed by atoms with E-state index in [1.807, 2.05) is 60.7 Å². The molecule has 258 valence electrons. The number of rotatable bonds is 15. The minimum Gasteiger partial charge on any atom is -0.494 e. The second-order valence-corrected chi connectivity index (χ2v) is 11.9. The number of aryl methyl sites for hydroxylation is 1. The van der Waals surface area contributed by atoms with Gasteiger partial charge in [0.2, 0.25) is 5.91 Å². The normalized spacial score (nSPS) is 11.4. The molecule has 0 aliphatic rings. The first-order valence-corrected chi connectivity index (χ1v) is 16.1. The predicted molar refractivity (Wildman–Crippen MR) is 187 cm³/mol. The third-order valence-electron chi connectivity index (χ3n) is 7.86. The number of alkyl halides is 3. The van der Waals surface area contributed by atoms with Crippen molar-refractivity contribution in [3.8, 4) is 5.75 Å². The summed E-state index contributed by atoms with van der Waals surface area (Å²) in [6.45, 7) is 3.73. The van der Waals surface area contributed by atoms with Gasteiger partial charge in [0.15, 0.2) is 5.82 Å². The van der Waals surface area contributed by atoms with E-state index in [2.05, 4.69) is 49.7 Å². The Balaban J connectivity index is 0.00000541. The zero-order chi connectivity index (χ0) is 33.9. The minimum absolute atomic E-state index is 0. The molecule has 5 aromatic rings. The molecule has 49 heavy (non-hydrogen) atoms. The molecule has 0 bridgehead atoms. The van der Waals surface area contributed by atoms with Gasteiger partial charge in [0.25, 0.3) is 0 Å². The summed E-state index contributed by atoms with van der Waals surface area (Å²) >= 11 is 6.34. The molecule has 2 N–H and O–H groups in total. The molecule has 12 heteroatoms. The zero-order valence-electron chi connectivity index (χ0n) is 26.9. The topological polar surface area (TPSA) is 83.1 Å². The number of H-pyrrole nitrogens is 1. The van der Waals surface area contributed by atoms with Crippen LogP contribution >= 0.6 is 24.0 Å². The van der Waals surface area contributed by atoms with Crippen molar-refractivity contribution >= 4 is 29.9 Å². The van der Waals surface area contributed by atoms with Crippen LogP contribution in [0.2, 0.25) is 5.02 Å². The van der Waals surface area contributed by atoms with Crippen LogP contribution in [0.3, 0.4) is 0 Å². The number of carbonyl (C=O) groups excluding carboxylic acids is 1. The number of halogens is 5.